The van der Waals surface area contributed by atoms with E-state index in [4.69, 9.17) is 10.5 Å². The van der Waals surface area contributed by atoms with Crippen molar-refractivity contribution in [3.05, 3.63) is 34.9 Å². The molecule has 1 aliphatic rings. The molecule has 18 heavy (non-hydrogen) atoms. The molecule has 1 saturated heterocycles. The molecular weight excluding hydrogens is 228 g/mol. The summed E-state index contributed by atoms with van der Waals surface area (Å²) >= 11 is 0. The Morgan fingerprint density at radius 3 is 3.00 bits per heavy atom. The number of ether oxygens (including phenoxy) is 1. The van der Waals surface area contributed by atoms with E-state index in [-0.39, 0.29) is 12.0 Å². The first-order valence-electron chi connectivity index (χ1n) is 6.30. The van der Waals surface area contributed by atoms with Crippen molar-refractivity contribution in [2.75, 3.05) is 26.2 Å². The minimum absolute atomic E-state index is 0.0344. The first-order valence-corrected chi connectivity index (χ1v) is 6.30. The van der Waals surface area contributed by atoms with Gasteiger partial charge in [0.25, 0.3) is 5.91 Å². The predicted octanol–water partition coefficient (Wildman–Crippen LogP) is 1.10. The molecule has 0 saturated carbocycles. The normalized spacial score (nSPS) is 19.9. The van der Waals surface area contributed by atoms with Crippen molar-refractivity contribution in [2.24, 2.45) is 5.73 Å². The summed E-state index contributed by atoms with van der Waals surface area (Å²) in [7, 11) is 0. The summed E-state index contributed by atoms with van der Waals surface area (Å²) < 4.78 is 5.48. The Kier molecular flexibility index (Phi) is 3.99. The molecule has 1 fully saturated rings. The number of hydrogen-bond donors (Lipinski definition) is 1. The maximum Gasteiger partial charge on any atom is 0.254 e. The fourth-order valence-electron chi connectivity index (χ4n) is 2.18. The number of morpholine rings is 1. The highest BCUT2D eigenvalue weighted by Crippen LogP contribution is 2.15. The summed E-state index contributed by atoms with van der Waals surface area (Å²) in [5, 5.41) is 0. The van der Waals surface area contributed by atoms with Crippen LogP contribution in [0.25, 0.3) is 0 Å². The van der Waals surface area contributed by atoms with Crippen LogP contribution in [0.1, 0.15) is 21.5 Å². The van der Waals surface area contributed by atoms with Gasteiger partial charge in [-0.25, -0.2) is 0 Å². The average Bonchev–Trinajstić information content (AvgIpc) is 2.41. The molecule has 1 amide bonds. The van der Waals surface area contributed by atoms with Crippen LogP contribution >= 0.6 is 0 Å². The fraction of sp³-hybridized carbons (Fsp3) is 0.500. The van der Waals surface area contributed by atoms with Gasteiger partial charge in [0.05, 0.1) is 12.7 Å². The molecule has 0 spiro atoms. The number of carbonyl (C=O) groups is 1. The Morgan fingerprint density at radius 1 is 1.50 bits per heavy atom. The SMILES string of the molecule is Cc1ccc(C)c(C(=O)N2CCO[C@H](CN)C2)c1. The molecule has 2 N–H and O–H groups in total. The van der Waals surface area contributed by atoms with E-state index < -0.39 is 0 Å². The van der Waals surface area contributed by atoms with Crippen molar-refractivity contribution in [1.29, 1.82) is 0 Å². The van der Waals surface area contributed by atoms with Crippen LogP contribution in [0.4, 0.5) is 0 Å². The molecule has 1 aromatic carbocycles. The molecule has 0 aliphatic carbocycles. The zero-order valence-electron chi connectivity index (χ0n) is 11.0. The second-order valence-electron chi connectivity index (χ2n) is 4.80. The Morgan fingerprint density at radius 2 is 2.28 bits per heavy atom. The van der Waals surface area contributed by atoms with Gasteiger partial charge in [-0.05, 0) is 25.5 Å². The third-order valence-corrected chi connectivity index (χ3v) is 3.31. The van der Waals surface area contributed by atoms with Gasteiger partial charge in [0, 0.05) is 25.2 Å². The maximum absolute atomic E-state index is 12.5. The first-order chi connectivity index (χ1) is 8.61. The minimum atomic E-state index is -0.0344. The van der Waals surface area contributed by atoms with Gasteiger partial charge in [0.1, 0.15) is 0 Å². The lowest BCUT2D eigenvalue weighted by Gasteiger charge is -2.32. The Balaban J connectivity index is 2.17. The number of aryl methyl sites for hydroxylation is 2. The van der Waals surface area contributed by atoms with Gasteiger partial charge >= 0.3 is 0 Å². The zero-order chi connectivity index (χ0) is 13.1. The van der Waals surface area contributed by atoms with Crippen LogP contribution < -0.4 is 5.73 Å². The predicted molar refractivity (Wildman–Crippen MR) is 70.6 cm³/mol. The van der Waals surface area contributed by atoms with Crippen molar-refractivity contribution in [2.45, 2.75) is 20.0 Å². The van der Waals surface area contributed by atoms with E-state index in [0.29, 0.717) is 26.2 Å². The Labute approximate surface area is 108 Å². The highest BCUT2D eigenvalue weighted by molar-refractivity contribution is 5.95. The van der Waals surface area contributed by atoms with Gasteiger partial charge in [-0.1, -0.05) is 17.7 Å². The van der Waals surface area contributed by atoms with E-state index in [1.54, 1.807) is 0 Å². The Bertz CT molecular complexity index is 445. The summed E-state index contributed by atoms with van der Waals surface area (Å²) in [6.45, 7) is 6.21. The summed E-state index contributed by atoms with van der Waals surface area (Å²) in [6, 6.07) is 5.96. The maximum atomic E-state index is 12.5. The monoisotopic (exact) mass is 248 g/mol. The number of amides is 1. The van der Waals surface area contributed by atoms with Gasteiger partial charge in [-0.3, -0.25) is 4.79 Å². The third kappa shape index (κ3) is 2.71. The number of nitrogens with zero attached hydrogens (tertiary/aromatic N) is 1. The van der Waals surface area contributed by atoms with E-state index in [1.807, 2.05) is 36.9 Å². The molecular formula is C14H20N2O2. The van der Waals surface area contributed by atoms with Gasteiger partial charge in [0.2, 0.25) is 0 Å². The van der Waals surface area contributed by atoms with Crippen LogP contribution in [0.3, 0.4) is 0 Å². The van der Waals surface area contributed by atoms with E-state index in [1.165, 1.54) is 0 Å². The molecule has 0 aromatic heterocycles. The quantitative estimate of drug-likeness (QED) is 0.852. The smallest absolute Gasteiger partial charge is 0.254 e. The largest absolute Gasteiger partial charge is 0.373 e. The van der Waals surface area contributed by atoms with E-state index in [0.717, 1.165) is 16.7 Å². The number of carbonyl (C=O) groups excluding carboxylic acids is 1. The van der Waals surface area contributed by atoms with Crippen molar-refractivity contribution in [3.63, 3.8) is 0 Å². The summed E-state index contributed by atoms with van der Waals surface area (Å²) in [4.78, 5) is 14.3. The van der Waals surface area contributed by atoms with Crippen LogP contribution in [-0.2, 0) is 4.74 Å². The standard InChI is InChI=1S/C14H20N2O2/c1-10-3-4-11(2)13(7-10)14(17)16-5-6-18-12(8-15)9-16/h3-4,7,12H,5-6,8-9,15H2,1-2H3/t12-/m1/s1. The number of nitrogens with two attached hydrogens (primary N) is 1. The summed E-state index contributed by atoms with van der Waals surface area (Å²) in [5.41, 5.74) is 8.50. The van der Waals surface area contributed by atoms with Crippen molar-refractivity contribution in [1.82, 2.24) is 4.90 Å². The molecule has 0 bridgehead atoms. The fourth-order valence-corrected chi connectivity index (χ4v) is 2.18. The van der Waals surface area contributed by atoms with Crippen LogP contribution in [-0.4, -0.2) is 43.2 Å². The Hall–Kier alpha value is -1.39. The molecule has 1 heterocycles. The second-order valence-corrected chi connectivity index (χ2v) is 4.80. The molecule has 98 valence electrons. The molecule has 4 nitrogen and oxygen atoms in total. The molecule has 0 radical (unpaired) electrons. The second kappa shape index (κ2) is 5.50. The van der Waals surface area contributed by atoms with Crippen LogP contribution in [0, 0.1) is 13.8 Å². The number of rotatable bonds is 2. The van der Waals surface area contributed by atoms with E-state index in [9.17, 15) is 4.79 Å². The average molecular weight is 248 g/mol. The lowest BCUT2D eigenvalue weighted by Crippen LogP contribution is -2.48. The van der Waals surface area contributed by atoms with Gasteiger partial charge in [-0.15, -0.1) is 0 Å². The topological polar surface area (TPSA) is 55.6 Å². The minimum Gasteiger partial charge on any atom is -0.373 e. The third-order valence-electron chi connectivity index (χ3n) is 3.31. The lowest BCUT2D eigenvalue weighted by molar-refractivity contribution is -0.0167. The van der Waals surface area contributed by atoms with Gasteiger partial charge < -0.3 is 15.4 Å². The van der Waals surface area contributed by atoms with E-state index >= 15 is 0 Å². The van der Waals surface area contributed by atoms with Crippen molar-refractivity contribution < 1.29 is 9.53 Å². The van der Waals surface area contributed by atoms with Crippen molar-refractivity contribution in [3.8, 4) is 0 Å². The molecule has 4 heteroatoms. The number of benzene rings is 1. The van der Waals surface area contributed by atoms with Crippen LogP contribution in [0.15, 0.2) is 18.2 Å². The molecule has 2 rings (SSSR count). The van der Waals surface area contributed by atoms with Gasteiger partial charge in [0.15, 0.2) is 0 Å². The van der Waals surface area contributed by atoms with Crippen LogP contribution in [0.2, 0.25) is 0 Å². The summed E-state index contributed by atoms with van der Waals surface area (Å²) in [6.07, 6.45) is -0.0344. The van der Waals surface area contributed by atoms with Crippen LogP contribution in [0.5, 0.6) is 0 Å². The van der Waals surface area contributed by atoms with E-state index in [2.05, 4.69) is 0 Å². The van der Waals surface area contributed by atoms with Crippen molar-refractivity contribution >= 4 is 5.91 Å². The van der Waals surface area contributed by atoms with Gasteiger partial charge in [-0.2, -0.15) is 0 Å². The molecule has 1 atom stereocenters. The highest BCUT2D eigenvalue weighted by atomic mass is 16.5. The molecule has 1 aliphatic heterocycles. The number of hydrogen-bond acceptors (Lipinski definition) is 3. The summed E-state index contributed by atoms with van der Waals surface area (Å²) in [5.74, 6) is 0.0814. The lowest BCUT2D eigenvalue weighted by atomic mass is 10.0. The first kappa shape index (κ1) is 13.1. The molecule has 0 unspecified atom stereocenters. The highest BCUT2D eigenvalue weighted by Gasteiger charge is 2.24. The molecule has 1 aromatic rings. The zero-order valence-corrected chi connectivity index (χ0v) is 11.0.